The quantitative estimate of drug-likeness (QED) is 0.283. The third-order valence-electron chi connectivity index (χ3n) is 6.37. The van der Waals surface area contributed by atoms with E-state index in [2.05, 4.69) is 19.9 Å². The number of morpholine rings is 1. The second kappa shape index (κ2) is 10.6. The van der Waals surface area contributed by atoms with Crippen molar-refractivity contribution in [2.75, 3.05) is 36.5 Å². The van der Waals surface area contributed by atoms with Crippen LogP contribution in [0.3, 0.4) is 0 Å². The summed E-state index contributed by atoms with van der Waals surface area (Å²) < 4.78 is 34.2. The van der Waals surface area contributed by atoms with E-state index in [1.54, 1.807) is 18.3 Å². The largest absolute Gasteiger partial charge is 0.508 e. The Morgan fingerprint density at radius 3 is 2.43 bits per heavy atom. The van der Waals surface area contributed by atoms with E-state index in [0.717, 1.165) is 35.2 Å². The molecule has 1 aromatic heterocycles. The summed E-state index contributed by atoms with van der Waals surface area (Å²) in [6.45, 7) is 2.96. The van der Waals surface area contributed by atoms with Crippen LogP contribution in [0.5, 0.6) is 5.75 Å². The van der Waals surface area contributed by atoms with Gasteiger partial charge in [0.15, 0.2) is 0 Å². The first-order valence-electron chi connectivity index (χ1n) is 12.0. The molecule has 1 atom stereocenters. The van der Waals surface area contributed by atoms with Gasteiger partial charge < -0.3 is 25.0 Å². The average molecular weight is 521 g/mol. The van der Waals surface area contributed by atoms with Crippen LogP contribution in [0.25, 0.3) is 10.9 Å². The minimum atomic E-state index is -4.04. The number of H-pyrrole nitrogens is 1. The Morgan fingerprint density at radius 1 is 1.00 bits per heavy atom. The molecule has 0 aliphatic carbocycles. The van der Waals surface area contributed by atoms with E-state index in [1.807, 2.05) is 36.4 Å². The van der Waals surface area contributed by atoms with E-state index >= 15 is 0 Å². The molecule has 10 heteroatoms. The fourth-order valence-electron chi connectivity index (χ4n) is 4.40. The molecule has 1 saturated heterocycles. The molecule has 37 heavy (non-hydrogen) atoms. The van der Waals surface area contributed by atoms with Crippen molar-refractivity contribution in [3.8, 4) is 5.75 Å². The first-order chi connectivity index (χ1) is 17.9. The number of sulfonamides is 1. The minimum Gasteiger partial charge on any atom is -0.508 e. The number of anilines is 2. The highest BCUT2D eigenvalue weighted by atomic mass is 32.2. The predicted octanol–water partition coefficient (Wildman–Crippen LogP) is 3.24. The number of aromatic hydroxyl groups is 1. The van der Waals surface area contributed by atoms with Gasteiger partial charge in [-0.25, -0.2) is 8.42 Å². The van der Waals surface area contributed by atoms with Crippen molar-refractivity contribution < 1.29 is 23.1 Å². The fourth-order valence-corrected chi connectivity index (χ4v) is 5.59. The molecule has 1 fully saturated rings. The molecule has 0 unspecified atom stereocenters. The van der Waals surface area contributed by atoms with E-state index in [0.29, 0.717) is 18.9 Å². The van der Waals surface area contributed by atoms with Crippen molar-refractivity contribution in [2.45, 2.75) is 17.4 Å². The van der Waals surface area contributed by atoms with Gasteiger partial charge in [-0.15, -0.1) is 0 Å². The number of nitrogens with zero attached hydrogens (tertiary/aromatic N) is 1. The van der Waals surface area contributed by atoms with Crippen LogP contribution in [0.2, 0.25) is 0 Å². The Labute approximate surface area is 215 Å². The number of rotatable bonds is 8. The smallest absolute Gasteiger partial charge is 0.242 e. The zero-order valence-corrected chi connectivity index (χ0v) is 20.9. The van der Waals surface area contributed by atoms with E-state index in [-0.39, 0.29) is 17.1 Å². The molecule has 1 amide bonds. The Kier molecular flexibility index (Phi) is 7.13. The standard InChI is InChI=1S/C27H28N4O5S/c32-22-9-11-23(12-10-22)37(34,35)30-26(17-19-18-28-25-4-2-1-3-24(19)25)27(33)29-20-5-7-21(8-6-20)31-13-15-36-16-14-31/h1-12,18,26,28,30,32H,13-17H2,(H,29,33)/t26-/m0/s1. The zero-order valence-electron chi connectivity index (χ0n) is 20.1. The molecule has 1 aliphatic heterocycles. The Hall–Kier alpha value is -3.86. The second-order valence-electron chi connectivity index (χ2n) is 8.87. The first kappa shape index (κ1) is 24.8. The van der Waals surface area contributed by atoms with Gasteiger partial charge in [-0.2, -0.15) is 4.72 Å². The summed E-state index contributed by atoms with van der Waals surface area (Å²) >= 11 is 0. The van der Waals surface area contributed by atoms with E-state index in [4.69, 9.17) is 4.74 Å². The number of phenols is 1. The molecule has 5 rings (SSSR count). The van der Waals surface area contributed by atoms with Gasteiger partial charge in [0.2, 0.25) is 15.9 Å². The average Bonchev–Trinajstić information content (AvgIpc) is 3.32. The maximum Gasteiger partial charge on any atom is 0.242 e. The Morgan fingerprint density at radius 2 is 1.70 bits per heavy atom. The van der Waals surface area contributed by atoms with Gasteiger partial charge in [-0.1, -0.05) is 18.2 Å². The summed E-state index contributed by atoms with van der Waals surface area (Å²) in [5.41, 5.74) is 3.31. The molecule has 0 bridgehead atoms. The third kappa shape index (κ3) is 5.77. The number of ether oxygens (including phenoxy) is 1. The lowest BCUT2D eigenvalue weighted by atomic mass is 10.0. The van der Waals surface area contributed by atoms with E-state index in [1.165, 1.54) is 24.3 Å². The molecule has 192 valence electrons. The van der Waals surface area contributed by atoms with Crippen LogP contribution in [0.4, 0.5) is 11.4 Å². The molecule has 0 saturated carbocycles. The van der Waals surface area contributed by atoms with Gasteiger partial charge in [-0.05, 0) is 66.6 Å². The molecule has 9 nitrogen and oxygen atoms in total. The monoisotopic (exact) mass is 520 g/mol. The van der Waals surface area contributed by atoms with Crippen molar-refractivity contribution in [1.29, 1.82) is 0 Å². The van der Waals surface area contributed by atoms with Gasteiger partial charge >= 0.3 is 0 Å². The number of amides is 1. The summed E-state index contributed by atoms with van der Waals surface area (Å²) in [6.07, 6.45) is 1.93. The van der Waals surface area contributed by atoms with E-state index in [9.17, 15) is 18.3 Å². The summed E-state index contributed by atoms with van der Waals surface area (Å²) in [4.78, 5) is 18.7. The van der Waals surface area contributed by atoms with Gasteiger partial charge in [-0.3, -0.25) is 4.79 Å². The van der Waals surface area contributed by atoms with Gasteiger partial charge in [0, 0.05) is 41.6 Å². The first-order valence-corrected chi connectivity index (χ1v) is 13.5. The van der Waals surface area contributed by atoms with Crippen LogP contribution < -0.4 is 14.9 Å². The summed E-state index contributed by atoms with van der Waals surface area (Å²) in [7, 11) is -4.04. The van der Waals surface area contributed by atoms with Gasteiger partial charge in [0.1, 0.15) is 11.8 Å². The normalized spacial score (nSPS) is 15.0. The Balaban J connectivity index is 1.38. The molecule has 0 spiro atoms. The number of phenolic OH excluding ortho intramolecular Hbond substituents is 1. The van der Waals surface area contributed by atoms with Crippen molar-refractivity contribution in [1.82, 2.24) is 9.71 Å². The van der Waals surface area contributed by atoms with Crippen LogP contribution in [0, 0.1) is 0 Å². The minimum absolute atomic E-state index is 0.0445. The number of carbonyl (C=O) groups excluding carboxylic acids is 1. The molecule has 2 heterocycles. The molecule has 0 radical (unpaired) electrons. The van der Waals surface area contributed by atoms with Crippen molar-refractivity contribution >= 4 is 38.2 Å². The number of aromatic amines is 1. The summed E-state index contributed by atoms with van der Waals surface area (Å²) in [5, 5.41) is 13.3. The number of aromatic nitrogens is 1. The molecular weight excluding hydrogens is 492 g/mol. The second-order valence-corrected chi connectivity index (χ2v) is 10.6. The summed E-state index contributed by atoms with van der Waals surface area (Å²) in [6, 6.07) is 19.2. The molecular formula is C27H28N4O5S. The van der Waals surface area contributed by atoms with Crippen molar-refractivity contribution in [3.63, 3.8) is 0 Å². The molecule has 4 N–H and O–H groups in total. The SMILES string of the molecule is O=C(Nc1ccc(N2CCOCC2)cc1)[C@H](Cc1c[nH]c2ccccc12)NS(=O)(=O)c1ccc(O)cc1. The van der Waals surface area contributed by atoms with Gasteiger partial charge in [0.05, 0.1) is 18.1 Å². The summed E-state index contributed by atoms with van der Waals surface area (Å²) in [5.74, 6) is -0.528. The number of hydrogen-bond acceptors (Lipinski definition) is 6. The number of nitrogens with one attached hydrogen (secondary N) is 3. The van der Waals surface area contributed by atoms with Crippen LogP contribution in [0.1, 0.15) is 5.56 Å². The highest BCUT2D eigenvalue weighted by Gasteiger charge is 2.27. The predicted molar refractivity (Wildman–Crippen MR) is 142 cm³/mol. The lowest BCUT2D eigenvalue weighted by molar-refractivity contribution is -0.117. The van der Waals surface area contributed by atoms with Crippen LogP contribution >= 0.6 is 0 Å². The van der Waals surface area contributed by atoms with Crippen LogP contribution in [-0.4, -0.2) is 56.8 Å². The Bertz CT molecular complexity index is 1480. The number of benzene rings is 3. The molecule has 1 aliphatic rings. The van der Waals surface area contributed by atoms with Crippen LogP contribution in [-0.2, 0) is 26.0 Å². The molecule has 4 aromatic rings. The van der Waals surface area contributed by atoms with Gasteiger partial charge in [0.25, 0.3) is 0 Å². The molecule has 3 aromatic carbocycles. The number of fused-ring (bicyclic) bond motifs is 1. The number of para-hydroxylation sites is 1. The topological polar surface area (TPSA) is 124 Å². The maximum atomic E-state index is 13.4. The van der Waals surface area contributed by atoms with Crippen molar-refractivity contribution in [3.05, 3.63) is 84.6 Å². The maximum absolute atomic E-state index is 13.4. The van der Waals surface area contributed by atoms with Crippen LogP contribution in [0.15, 0.2) is 83.9 Å². The zero-order chi connectivity index (χ0) is 25.8. The lowest BCUT2D eigenvalue weighted by Crippen LogP contribution is -2.45. The highest BCUT2D eigenvalue weighted by Crippen LogP contribution is 2.23. The van der Waals surface area contributed by atoms with Crippen molar-refractivity contribution in [2.24, 2.45) is 0 Å². The van der Waals surface area contributed by atoms with E-state index < -0.39 is 22.0 Å². The fraction of sp³-hybridized carbons (Fsp3) is 0.222. The number of carbonyl (C=O) groups is 1. The highest BCUT2D eigenvalue weighted by molar-refractivity contribution is 7.89. The number of hydrogen-bond donors (Lipinski definition) is 4. The lowest BCUT2D eigenvalue weighted by Gasteiger charge is -2.29. The third-order valence-corrected chi connectivity index (χ3v) is 7.86.